The molecular weight excluding hydrogens is 734 g/mol. The number of sulfonamides is 1. The van der Waals surface area contributed by atoms with Crippen LogP contribution in [0.4, 0.5) is 18.9 Å². The van der Waals surface area contributed by atoms with Crippen LogP contribution in [0.2, 0.25) is 15.1 Å². The topological polar surface area (TPSA) is 86.8 Å². The number of rotatable bonds is 13. The third kappa shape index (κ3) is 9.72. The first-order valence-corrected chi connectivity index (χ1v) is 18.1. The van der Waals surface area contributed by atoms with Gasteiger partial charge in [-0.3, -0.25) is 13.9 Å². The van der Waals surface area contributed by atoms with Crippen LogP contribution in [0, 0.1) is 12.8 Å². The maximum Gasteiger partial charge on any atom is 0.417 e. The fraction of sp³-hybridized carbons (Fsp3) is 0.278. The zero-order valence-corrected chi connectivity index (χ0v) is 30.4. The minimum atomic E-state index is -4.93. The molecule has 14 heteroatoms. The van der Waals surface area contributed by atoms with Crippen molar-refractivity contribution in [2.24, 2.45) is 5.92 Å². The molecule has 0 aliphatic carbocycles. The van der Waals surface area contributed by atoms with Gasteiger partial charge in [0.05, 0.1) is 21.2 Å². The van der Waals surface area contributed by atoms with E-state index in [1.54, 1.807) is 55.5 Å². The van der Waals surface area contributed by atoms with E-state index in [1.165, 1.54) is 24.3 Å². The van der Waals surface area contributed by atoms with Gasteiger partial charge in [0.2, 0.25) is 11.8 Å². The number of carbonyl (C=O) groups excluding carboxylic acids is 2. The monoisotopic (exact) mass is 767 g/mol. The van der Waals surface area contributed by atoms with Crippen LogP contribution >= 0.6 is 34.8 Å². The number of nitrogens with zero attached hydrogens (tertiary/aromatic N) is 2. The zero-order chi connectivity index (χ0) is 36.8. The fourth-order valence-corrected chi connectivity index (χ4v) is 7.23. The van der Waals surface area contributed by atoms with E-state index in [-0.39, 0.29) is 45.9 Å². The molecule has 4 rings (SSSR count). The van der Waals surface area contributed by atoms with Crippen LogP contribution in [0.15, 0.2) is 95.9 Å². The smallest absolute Gasteiger partial charge is 0.354 e. The summed E-state index contributed by atoms with van der Waals surface area (Å²) in [7, 11) is -4.67. The van der Waals surface area contributed by atoms with Crippen molar-refractivity contribution in [1.29, 1.82) is 0 Å². The minimum Gasteiger partial charge on any atom is -0.354 e. The molecule has 7 nitrogen and oxygen atoms in total. The molecule has 1 atom stereocenters. The van der Waals surface area contributed by atoms with Gasteiger partial charge in [0, 0.05) is 35.1 Å². The highest BCUT2D eigenvalue weighted by atomic mass is 35.5. The molecule has 1 N–H and O–H groups in total. The summed E-state index contributed by atoms with van der Waals surface area (Å²) in [6.45, 7) is 4.50. The molecule has 0 aliphatic rings. The summed E-state index contributed by atoms with van der Waals surface area (Å²) in [6.07, 6.45) is -4.92. The molecule has 0 fully saturated rings. The summed E-state index contributed by atoms with van der Waals surface area (Å²) >= 11 is 18.9. The lowest BCUT2D eigenvalue weighted by Gasteiger charge is -2.34. The molecule has 50 heavy (non-hydrogen) atoms. The average molecular weight is 769 g/mol. The van der Waals surface area contributed by atoms with Gasteiger partial charge >= 0.3 is 6.18 Å². The van der Waals surface area contributed by atoms with E-state index in [9.17, 15) is 31.2 Å². The van der Waals surface area contributed by atoms with Gasteiger partial charge in [-0.1, -0.05) is 103 Å². The molecule has 4 aromatic carbocycles. The molecule has 266 valence electrons. The van der Waals surface area contributed by atoms with Gasteiger partial charge in [0.15, 0.2) is 0 Å². The number of amides is 2. The Morgan fingerprint density at radius 3 is 2.04 bits per heavy atom. The van der Waals surface area contributed by atoms with Crippen molar-refractivity contribution >= 4 is 62.3 Å². The largest absolute Gasteiger partial charge is 0.417 e. The van der Waals surface area contributed by atoms with Crippen LogP contribution in [0.25, 0.3) is 0 Å². The van der Waals surface area contributed by atoms with Gasteiger partial charge in [-0.05, 0) is 60.9 Å². The molecule has 0 spiro atoms. The maximum atomic E-state index is 14.6. The van der Waals surface area contributed by atoms with Crippen LogP contribution in [-0.2, 0) is 38.8 Å². The van der Waals surface area contributed by atoms with Crippen molar-refractivity contribution in [3.8, 4) is 0 Å². The highest BCUT2D eigenvalue weighted by Crippen LogP contribution is 2.38. The van der Waals surface area contributed by atoms with Crippen LogP contribution < -0.4 is 9.62 Å². The van der Waals surface area contributed by atoms with Crippen molar-refractivity contribution < 1.29 is 31.2 Å². The van der Waals surface area contributed by atoms with Crippen LogP contribution in [0.5, 0.6) is 0 Å². The van der Waals surface area contributed by atoms with E-state index in [0.717, 1.165) is 22.6 Å². The summed E-state index contributed by atoms with van der Waals surface area (Å²) < 4.78 is 71.0. The quantitative estimate of drug-likeness (QED) is 0.148. The van der Waals surface area contributed by atoms with E-state index in [0.29, 0.717) is 15.9 Å². The van der Waals surface area contributed by atoms with Gasteiger partial charge in [-0.15, -0.1) is 0 Å². The lowest BCUT2D eigenvalue weighted by atomic mass is 10.0. The van der Waals surface area contributed by atoms with Gasteiger partial charge in [0.25, 0.3) is 10.0 Å². The number of carbonyl (C=O) groups is 2. The molecule has 0 bridgehead atoms. The van der Waals surface area contributed by atoms with Crippen LogP contribution in [-0.4, -0.2) is 44.3 Å². The summed E-state index contributed by atoms with van der Waals surface area (Å²) in [4.78, 5) is 29.4. The SMILES string of the molecule is Cc1ccc(S(=O)(=O)N(CC(=O)N(Cc2c(Cl)cccc2Cl)[C@H](Cc2ccccc2)C(=O)NCC(C)C)c2ccc(Cl)c(C(F)(F)F)c2)cc1. The molecule has 0 aromatic heterocycles. The first-order chi connectivity index (χ1) is 23.5. The van der Waals surface area contributed by atoms with Crippen molar-refractivity contribution in [2.45, 2.75) is 50.9 Å². The van der Waals surface area contributed by atoms with Crippen LogP contribution in [0.3, 0.4) is 0 Å². The molecule has 0 saturated heterocycles. The number of aryl methyl sites for hydroxylation is 1. The molecule has 4 aromatic rings. The predicted molar refractivity (Wildman–Crippen MR) is 191 cm³/mol. The summed E-state index contributed by atoms with van der Waals surface area (Å²) in [5, 5.41) is 2.58. The second-order valence-electron chi connectivity index (χ2n) is 12.1. The van der Waals surface area contributed by atoms with E-state index in [1.807, 2.05) is 13.8 Å². The van der Waals surface area contributed by atoms with Crippen LogP contribution in [0.1, 0.15) is 36.1 Å². The van der Waals surface area contributed by atoms with E-state index in [2.05, 4.69) is 5.32 Å². The number of benzene rings is 4. The third-order valence-electron chi connectivity index (χ3n) is 7.78. The number of alkyl halides is 3. The normalized spacial score (nSPS) is 12.4. The van der Waals surface area contributed by atoms with E-state index in [4.69, 9.17) is 34.8 Å². The fourth-order valence-electron chi connectivity index (χ4n) is 5.08. The highest BCUT2D eigenvalue weighted by Gasteiger charge is 2.38. The van der Waals surface area contributed by atoms with E-state index < -0.39 is 56.9 Å². The van der Waals surface area contributed by atoms with Crippen molar-refractivity contribution in [3.63, 3.8) is 0 Å². The number of halogens is 6. The second-order valence-corrected chi connectivity index (χ2v) is 15.1. The van der Waals surface area contributed by atoms with Crippen molar-refractivity contribution in [2.75, 3.05) is 17.4 Å². The average Bonchev–Trinajstić information content (AvgIpc) is 3.05. The van der Waals surface area contributed by atoms with Gasteiger partial charge in [-0.25, -0.2) is 8.42 Å². The Hall–Kier alpha value is -3.77. The zero-order valence-electron chi connectivity index (χ0n) is 27.3. The van der Waals surface area contributed by atoms with Gasteiger partial charge < -0.3 is 10.2 Å². The highest BCUT2D eigenvalue weighted by molar-refractivity contribution is 7.92. The van der Waals surface area contributed by atoms with Gasteiger partial charge in [0.1, 0.15) is 12.6 Å². The summed E-state index contributed by atoms with van der Waals surface area (Å²) in [5.41, 5.74) is -0.0378. The first-order valence-electron chi connectivity index (χ1n) is 15.5. The second kappa shape index (κ2) is 16.5. The Balaban J connectivity index is 1.89. The molecule has 0 aliphatic heterocycles. The minimum absolute atomic E-state index is 0.0163. The Labute approximate surface area is 305 Å². The number of anilines is 1. The number of nitrogens with one attached hydrogen (secondary N) is 1. The number of hydrogen-bond acceptors (Lipinski definition) is 4. The standard InChI is InChI=1S/C36H35Cl3F3N3O4S/c1-23(2)20-43-35(47)33(18-25-8-5-4-6-9-25)44(21-28-30(37)10-7-11-31(28)38)34(46)22-45(50(48,49)27-15-12-24(3)13-16-27)26-14-17-32(39)29(19-26)36(40,41)42/h4-17,19,23,33H,18,20-22H2,1-3H3,(H,43,47)/t33-/m1/s1. The molecule has 0 heterocycles. The Bertz CT molecular complexity index is 1910. The summed E-state index contributed by atoms with van der Waals surface area (Å²) in [6, 6.07) is 20.6. The Kier molecular flexibility index (Phi) is 12.9. The molecule has 2 amide bonds. The first kappa shape index (κ1) is 39.0. The Morgan fingerprint density at radius 2 is 1.46 bits per heavy atom. The molecule has 0 radical (unpaired) electrons. The Morgan fingerprint density at radius 1 is 0.840 bits per heavy atom. The number of hydrogen-bond donors (Lipinski definition) is 1. The molecule has 0 saturated carbocycles. The van der Waals surface area contributed by atoms with Gasteiger partial charge in [-0.2, -0.15) is 13.2 Å². The van der Waals surface area contributed by atoms with Crippen molar-refractivity contribution in [3.05, 3.63) is 128 Å². The maximum absolute atomic E-state index is 14.6. The van der Waals surface area contributed by atoms with E-state index >= 15 is 0 Å². The molecule has 0 unspecified atom stereocenters. The lowest BCUT2D eigenvalue weighted by Crippen LogP contribution is -2.53. The lowest BCUT2D eigenvalue weighted by molar-refractivity contribution is -0.140. The van der Waals surface area contributed by atoms with Crippen molar-refractivity contribution in [1.82, 2.24) is 10.2 Å². The predicted octanol–water partition coefficient (Wildman–Crippen LogP) is 8.58. The third-order valence-corrected chi connectivity index (χ3v) is 10.6. The molecular formula is C36H35Cl3F3N3O4S. The summed E-state index contributed by atoms with van der Waals surface area (Å²) in [5.74, 6) is -1.37.